The van der Waals surface area contributed by atoms with Crippen LogP contribution in [0, 0.1) is 5.92 Å². The fourth-order valence-electron chi connectivity index (χ4n) is 5.15. The van der Waals surface area contributed by atoms with E-state index in [4.69, 9.17) is 4.74 Å². The molecule has 3 aliphatic heterocycles. The number of piperidine rings is 2. The lowest BCUT2D eigenvalue weighted by molar-refractivity contribution is 0.197. The minimum Gasteiger partial charge on any atom is -0.493 e. The SMILES string of the molecule is c1ccc(C2CC3CCCCN3C2)c(OCCCC2CCCNC2)c1. The van der Waals surface area contributed by atoms with Crippen LogP contribution in [0.1, 0.15) is 62.8 Å². The van der Waals surface area contributed by atoms with E-state index < -0.39 is 0 Å². The van der Waals surface area contributed by atoms with E-state index >= 15 is 0 Å². The zero-order valence-corrected chi connectivity index (χ0v) is 15.6. The second-order valence-corrected chi connectivity index (χ2v) is 8.32. The van der Waals surface area contributed by atoms with Gasteiger partial charge >= 0.3 is 0 Å². The molecule has 25 heavy (non-hydrogen) atoms. The highest BCUT2D eigenvalue weighted by Gasteiger charge is 2.35. The molecule has 3 fully saturated rings. The van der Waals surface area contributed by atoms with E-state index in [1.807, 2.05) is 0 Å². The summed E-state index contributed by atoms with van der Waals surface area (Å²) in [6.45, 7) is 5.82. The Morgan fingerprint density at radius 3 is 2.96 bits per heavy atom. The van der Waals surface area contributed by atoms with Crippen LogP contribution >= 0.6 is 0 Å². The Kier molecular flexibility index (Phi) is 5.94. The molecule has 0 amide bonds. The van der Waals surface area contributed by atoms with Crippen LogP contribution in [0.25, 0.3) is 0 Å². The minimum absolute atomic E-state index is 0.668. The fourth-order valence-corrected chi connectivity index (χ4v) is 5.15. The van der Waals surface area contributed by atoms with Crippen molar-refractivity contribution in [2.45, 2.75) is 63.3 Å². The van der Waals surface area contributed by atoms with Crippen LogP contribution in [0.3, 0.4) is 0 Å². The number of nitrogens with zero attached hydrogens (tertiary/aromatic N) is 1. The average Bonchev–Trinajstić information content (AvgIpc) is 3.10. The molecule has 0 radical (unpaired) electrons. The molecule has 0 saturated carbocycles. The van der Waals surface area contributed by atoms with Crippen molar-refractivity contribution in [1.82, 2.24) is 10.2 Å². The van der Waals surface area contributed by atoms with Gasteiger partial charge in [0.25, 0.3) is 0 Å². The van der Waals surface area contributed by atoms with Crippen molar-refractivity contribution in [3.63, 3.8) is 0 Å². The molecule has 3 nitrogen and oxygen atoms in total. The molecule has 0 bridgehead atoms. The van der Waals surface area contributed by atoms with Crippen LogP contribution in [0.5, 0.6) is 5.75 Å². The molecule has 1 aromatic rings. The Labute approximate surface area is 153 Å². The van der Waals surface area contributed by atoms with Gasteiger partial charge in [0.2, 0.25) is 0 Å². The van der Waals surface area contributed by atoms with E-state index in [9.17, 15) is 0 Å². The van der Waals surface area contributed by atoms with E-state index in [1.54, 1.807) is 0 Å². The highest BCUT2D eigenvalue weighted by Crippen LogP contribution is 2.39. The number of nitrogens with one attached hydrogen (secondary N) is 1. The first-order valence-electron chi connectivity index (χ1n) is 10.6. The summed E-state index contributed by atoms with van der Waals surface area (Å²) in [4.78, 5) is 2.72. The maximum atomic E-state index is 6.26. The van der Waals surface area contributed by atoms with Crippen molar-refractivity contribution in [3.8, 4) is 5.75 Å². The van der Waals surface area contributed by atoms with Crippen LogP contribution in [-0.2, 0) is 0 Å². The first-order chi connectivity index (χ1) is 12.4. The summed E-state index contributed by atoms with van der Waals surface area (Å²) in [7, 11) is 0. The molecule has 3 aliphatic rings. The highest BCUT2D eigenvalue weighted by molar-refractivity contribution is 5.37. The van der Waals surface area contributed by atoms with Gasteiger partial charge in [0.05, 0.1) is 6.61 Å². The zero-order chi connectivity index (χ0) is 16.9. The summed E-state index contributed by atoms with van der Waals surface area (Å²) < 4.78 is 6.26. The quantitative estimate of drug-likeness (QED) is 0.785. The van der Waals surface area contributed by atoms with Crippen LogP contribution in [0.15, 0.2) is 24.3 Å². The van der Waals surface area contributed by atoms with Crippen molar-refractivity contribution in [2.24, 2.45) is 5.92 Å². The van der Waals surface area contributed by atoms with Crippen molar-refractivity contribution in [1.29, 1.82) is 0 Å². The fraction of sp³-hybridized carbons (Fsp3) is 0.727. The number of para-hydroxylation sites is 1. The molecular formula is C22H34N2O. The lowest BCUT2D eigenvalue weighted by Gasteiger charge is -2.28. The summed E-state index contributed by atoms with van der Waals surface area (Å²) in [5.74, 6) is 2.68. The smallest absolute Gasteiger partial charge is 0.122 e. The first-order valence-corrected chi connectivity index (χ1v) is 10.6. The third-order valence-corrected chi connectivity index (χ3v) is 6.53. The second kappa shape index (κ2) is 8.55. The molecule has 0 spiro atoms. The molecule has 4 rings (SSSR count). The molecule has 3 atom stereocenters. The van der Waals surface area contributed by atoms with Gasteiger partial charge < -0.3 is 10.1 Å². The van der Waals surface area contributed by atoms with Crippen molar-refractivity contribution in [3.05, 3.63) is 29.8 Å². The van der Waals surface area contributed by atoms with Crippen molar-refractivity contribution >= 4 is 0 Å². The summed E-state index contributed by atoms with van der Waals surface area (Å²) in [5.41, 5.74) is 1.45. The van der Waals surface area contributed by atoms with Gasteiger partial charge in [0, 0.05) is 18.5 Å². The third kappa shape index (κ3) is 4.38. The van der Waals surface area contributed by atoms with Crippen LogP contribution in [-0.4, -0.2) is 43.7 Å². The molecule has 1 aromatic carbocycles. The molecule has 3 heterocycles. The van der Waals surface area contributed by atoms with Gasteiger partial charge in [-0.15, -0.1) is 0 Å². The molecular weight excluding hydrogens is 308 g/mol. The van der Waals surface area contributed by atoms with Gasteiger partial charge in [-0.05, 0) is 82.1 Å². The Morgan fingerprint density at radius 1 is 1.12 bits per heavy atom. The first kappa shape index (κ1) is 17.4. The molecule has 3 saturated heterocycles. The third-order valence-electron chi connectivity index (χ3n) is 6.53. The van der Waals surface area contributed by atoms with Crippen molar-refractivity contribution < 1.29 is 4.74 Å². The zero-order valence-electron chi connectivity index (χ0n) is 15.6. The number of rotatable bonds is 6. The lowest BCUT2D eigenvalue weighted by atomic mass is 9.93. The lowest BCUT2D eigenvalue weighted by Crippen LogP contribution is -2.33. The topological polar surface area (TPSA) is 24.5 Å². The largest absolute Gasteiger partial charge is 0.493 e. The van der Waals surface area contributed by atoms with E-state index in [-0.39, 0.29) is 0 Å². The van der Waals surface area contributed by atoms with Gasteiger partial charge in [-0.25, -0.2) is 0 Å². The monoisotopic (exact) mass is 342 g/mol. The number of hydrogen-bond acceptors (Lipinski definition) is 3. The van der Waals surface area contributed by atoms with Crippen molar-refractivity contribution in [2.75, 3.05) is 32.8 Å². The summed E-state index contributed by atoms with van der Waals surface area (Å²) in [6.07, 6.45) is 10.7. The Hall–Kier alpha value is -1.06. The van der Waals surface area contributed by atoms with E-state index in [2.05, 4.69) is 34.5 Å². The van der Waals surface area contributed by atoms with Crippen LogP contribution in [0.4, 0.5) is 0 Å². The molecule has 1 N–H and O–H groups in total. The van der Waals surface area contributed by atoms with Gasteiger partial charge in [-0.2, -0.15) is 0 Å². The van der Waals surface area contributed by atoms with Gasteiger partial charge in [0.1, 0.15) is 5.75 Å². The van der Waals surface area contributed by atoms with E-state index in [0.717, 1.165) is 24.3 Å². The number of hydrogen-bond donors (Lipinski definition) is 1. The molecule has 3 heteroatoms. The maximum Gasteiger partial charge on any atom is 0.122 e. The second-order valence-electron chi connectivity index (χ2n) is 8.32. The normalized spacial score (nSPS) is 30.2. The summed E-state index contributed by atoms with van der Waals surface area (Å²) >= 11 is 0. The maximum absolute atomic E-state index is 6.26. The molecule has 0 aromatic heterocycles. The van der Waals surface area contributed by atoms with Crippen LogP contribution in [0.2, 0.25) is 0 Å². The van der Waals surface area contributed by atoms with Gasteiger partial charge in [-0.1, -0.05) is 24.6 Å². The molecule has 138 valence electrons. The number of fused-ring (bicyclic) bond motifs is 1. The molecule has 0 aliphatic carbocycles. The predicted octanol–water partition coefficient (Wildman–Crippen LogP) is 4.19. The summed E-state index contributed by atoms with van der Waals surface area (Å²) in [6, 6.07) is 9.64. The highest BCUT2D eigenvalue weighted by atomic mass is 16.5. The predicted molar refractivity (Wildman–Crippen MR) is 103 cm³/mol. The number of ether oxygens (including phenoxy) is 1. The van der Waals surface area contributed by atoms with Crippen LogP contribution < -0.4 is 10.1 Å². The van der Waals surface area contributed by atoms with E-state index in [0.29, 0.717) is 5.92 Å². The molecule has 3 unspecified atom stereocenters. The number of benzene rings is 1. The van der Waals surface area contributed by atoms with Gasteiger partial charge in [-0.3, -0.25) is 4.90 Å². The Balaban J connectivity index is 1.30. The average molecular weight is 343 g/mol. The Morgan fingerprint density at radius 2 is 2.08 bits per heavy atom. The standard InChI is InChI=1S/C22H34N2O/c1-2-11-22(25-14-6-8-18-7-5-12-23-16-18)21(10-1)19-15-20-9-3-4-13-24(20)17-19/h1-2,10-11,18-20,23H,3-9,12-17H2. The Bertz CT molecular complexity index is 527. The van der Waals surface area contributed by atoms with Gasteiger partial charge in [0.15, 0.2) is 0 Å². The summed E-state index contributed by atoms with van der Waals surface area (Å²) in [5, 5.41) is 3.52. The minimum atomic E-state index is 0.668. The van der Waals surface area contributed by atoms with E-state index in [1.165, 1.54) is 83.1 Å².